The first kappa shape index (κ1) is 20.7. The predicted octanol–water partition coefficient (Wildman–Crippen LogP) is 3.63. The van der Waals surface area contributed by atoms with Crippen molar-refractivity contribution >= 4 is 39.1 Å². The molecule has 2 aromatic rings. The first-order valence-corrected chi connectivity index (χ1v) is 10.2. The smallest absolute Gasteiger partial charge is 0.243 e. The number of nitrogens with zero attached hydrogens (tertiary/aromatic N) is 1. The number of hydrogen-bond donors (Lipinski definition) is 1. The van der Waals surface area contributed by atoms with Crippen LogP contribution >= 0.6 is 23.2 Å². The van der Waals surface area contributed by atoms with Gasteiger partial charge in [0.1, 0.15) is 0 Å². The quantitative estimate of drug-likeness (QED) is 0.751. The topological polar surface area (TPSA) is 66.5 Å². The molecule has 0 radical (unpaired) electrons. The number of rotatable bonds is 7. The fourth-order valence-electron chi connectivity index (χ4n) is 2.34. The van der Waals surface area contributed by atoms with Gasteiger partial charge in [-0.3, -0.25) is 4.79 Å². The minimum Gasteiger partial charge on any atom is -0.355 e. The first-order valence-electron chi connectivity index (χ1n) is 8.01. The summed E-state index contributed by atoms with van der Waals surface area (Å²) in [4.78, 5) is 12.2. The van der Waals surface area contributed by atoms with E-state index in [0.29, 0.717) is 22.2 Å². The van der Waals surface area contributed by atoms with Crippen molar-refractivity contribution in [1.29, 1.82) is 0 Å². The van der Waals surface area contributed by atoms with Gasteiger partial charge >= 0.3 is 0 Å². The molecule has 26 heavy (non-hydrogen) atoms. The lowest BCUT2D eigenvalue weighted by atomic mass is 10.2. The monoisotopic (exact) mass is 414 g/mol. The van der Waals surface area contributed by atoms with Gasteiger partial charge in [-0.15, -0.1) is 0 Å². The molecule has 1 N–H and O–H groups in total. The average Bonchev–Trinajstić information content (AvgIpc) is 2.57. The van der Waals surface area contributed by atoms with Crippen LogP contribution in [0.4, 0.5) is 0 Å². The molecule has 0 aliphatic carbocycles. The van der Waals surface area contributed by atoms with E-state index in [1.54, 1.807) is 37.3 Å². The third-order valence-electron chi connectivity index (χ3n) is 3.71. The van der Waals surface area contributed by atoms with Gasteiger partial charge < -0.3 is 5.32 Å². The van der Waals surface area contributed by atoms with Crippen LogP contribution in [-0.2, 0) is 21.4 Å². The van der Waals surface area contributed by atoms with Gasteiger partial charge in [0.25, 0.3) is 0 Å². The number of carbonyl (C=O) groups excluding carboxylic acids is 1. The Hall–Kier alpha value is -1.60. The van der Waals surface area contributed by atoms with Crippen molar-refractivity contribution in [2.45, 2.75) is 25.3 Å². The number of amides is 1. The molecule has 0 heterocycles. The van der Waals surface area contributed by atoms with Crippen LogP contribution in [0.1, 0.15) is 18.1 Å². The van der Waals surface area contributed by atoms with Gasteiger partial charge in [0.2, 0.25) is 15.9 Å². The lowest BCUT2D eigenvalue weighted by Gasteiger charge is -2.22. The zero-order valence-corrected chi connectivity index (χ0v) is 16.8. The minimum absolute atomic E-state index is 0.0383. The summed E-state index contributed by atoms with van der Waals surface area (Å²) >= 11 is 12.1. The zero-order chi connectivity index (χ0) is 19.3. The van der Waals surface area contributed by atoms with Crippen LogP contribution in [0, 0.1) is 6.92 Å². The lowest BCUT2D eigenvalue weighted by molar-refractivity contribution is -0.121. The second kappa shape index (κ2) is 8.86. The highest BCUT2D eigenvalue weighted by atomic mass is 35.5. The van der Waals surface area contributed by atoms with Crippen LogP contribution in [-0.4, -0.2) is 31.7 Å². The van der Waals surface area contributed by atoms with Crippen LogP contribution < -0.4 is 5.32 Å². The number of nitrogens with one attached hydrogen (secondary N) is 1. The number of carbonyl (C=O) groups is 1. The Morgan fingerprint density at radius 1 is 1.12 bits per heavy atom. The SMILES string of the molecule is CCNC(=O)CN(Cc1ccc(Cl)cc1Cl)S(=O)(=O)c1ccc(C)cc1. The van der Waals surface area contributed by atoms with E-state index in [1.165, 1.54) is 12.1 Å². The van der Waals surface area contributed by atoms with Gasteiger partial charge in [0.15, 0.2) is 0 Å². The maximum absolute atomic E-state index is 13.0. The summed E-state index contributed by atoms with van der Waals surface area (Å²) in [6, 6.07) is 11.3. The molecular weight excluding hydrogens is 395 g/mol. The standard InChI is InChI=1S/C18H20Cl2N2O3S/c1-3-21-18(23)12-22(11-14-6-7-15(19)10-17(14)20)26(24,25)16-8-4-13(2)5-9-16/h4-10H,3,11-12H2,1-2H3,(H,21,23). The summed E-state index contributed by atoms with van der Waals surface area (Å²) in [5, 5.41) is 3.42. The number of aryl methyl sites for hydroxylation is 1. The molecule has 0 unspecified atom stereocenters. The molecule has 0 saturated carbocycles. The van der Waals surface area contributed by atoms with Gasteiger partial charge in [-0.25, -0.2) is 8.42 Å². The molecule has 0 atom stereocenters. The van der Waals surface area contributed by atoms with Crippen LogP contribution in [0.2, 0.25) is 10.0 Å². The van der Waals surface area contributed by atoms with Crippen LogP contribution in [0.15, 0.2) is 47.4 Å². The molecular formula is C18H20Cl2N2O3S. The van der Waals surface area contributed by atoms with Crippen molar-refractivity contribution < 1.29 is 13.2 Å². The largest absolute Gasteiger partial charge is 0.355 e. The number of halogens is 2. The van der Waals surface area contributed by atoms with Crippen molar-refractivity contribution in [3.63, 3.8) is 0 Å². The van der Waals surface area contributed by atoms with E-state index < -0.39 is 10.0 Å². The molecule has 0 aliphatic heterocycles. The highest BCUT2D eigenvalue weighted by Gasteiger charge is 2.27. The number of hydrogen-bond acceptors (Lipinski definition) is 3. The Labute approximate surface area is 164 Å². The van der Waals surface area contributed by atoms with E-state index in [0.717, 1.165) is 9.87 Å². The van der Waals surface area contributed by atoms with Crippen molar-refractivity contribution in [1.82, 2.24) is 9.62 Å². The average molecular weight is 415 g/mol. The summed E-state index contributed by atoms with van der Waals surface area (Å²) in [5.74, 6) is -0.381. The van der Waals surface area contributed by atoms with Crippen molar-refractivity contribution in [3.05, 3.63) is 63.6 Å². The fraction of sp³-hybridized carbons (Fsp3) is 0.278. The van der Waals surface area contributed by atoms with E-state index in [1.807, 2.05) is 6.92 Å². The molecule has 0 aliphatic rings. The summed E-state index contributed by atoms with van der Waals surface area (Å²) in [6.45, 7) is 3.72. The molecule has 2 rings (SSSR count). The van der Waals surface area contributed by atoms with E-state index in [4.69, 9.17) is 23.2 Å². The van der Waals surface area contributed by atoms with Gasteiger partial charge in [0, 0.05) is 23.1 Å². The zero-order valence-electron chi connectivity index (χ0n) is 14.5. The maximum Gasteiger partial charge on any atom is 0.243 e. The molecule has 0 fully saturated rings. The maximum atomic E-state index is 13.0. The minimum atomic E-state index is -3.88. The van der Waals surface area contributed by atoms with Crippen molar-refractivity contribution in [2.24, 2.45) is 0 Å². The molecule has 2 aromatic carbocycles. The van der Waals surface area contributed by atoms with E-state index in [2.05, 4.69) is 5.32 Å². The Morgan fingerprint density at radius 3 is 2.35 bits per heavy atom. The Bertz CT molecular complexity index is 884. The Morgan fingerprint density at radius 2 is 1.77 bits per heavy atom. The highest BCUT2D eigenvalue weighted by molar-refractivity contribution is 7.89. The van der Waals surface area contributed by atoms with Gasteiger partial charge in [0.05, 0.1) is 11.4 Å². The molecule has 1 amide bonds. The molecule has 8 heteroatoms. The molecule has 140 valence electrons. The number of sulfonamides is 1. The fourth-order valence-corrected chi connectivity index (χ4v) is 4.18. The molecule has 0 bridgehead atoms. The van der Waals surface area contributed by atoms with Gasteiger partial charge in [-0.2, -0.15) is 4.31 Å². The van der Waals surface area contributed by atoms with Crippen LogP contribution in [0.25, 0.3) is 0 Å². The van der Waals surface area contributed by atoms with Gasteiger partial charge in [-0.1, -0.05) is 47.0 Å². The normalized spacial score (nSPS) is 11.6. The molecule has 0 saturated heterocycles. The molecule has 0 spiro atoms. The molecule has 5 nitrogen and oxygen atoms in total. The van der Waals surface area contributed by atoms with E-state index in [9.17, 15) is 13.2 Å². The van der Waals surface area contributed by atoms with E-state index in [-0.39, 0.29) is 23.9 Å². The van der Waals surface area contributed by atoms with E-state index >= 15 is 0 Å². The van der Waals surface area contributed by atoms with Gasteiger partial charge in [-0.05, 0) is 43.7 Å². The number of likely N-dealkylation sites (N-methyl/N-ethyl adjacent to an activating group) is 1. The second-order valence-corrected chi connectivity index (χ2v) is 8.56. The number of benzene rings is 2. The second-order valence-electron chi connectivity index (χ2n) is 5.78. The summed E-state index contributed by atoms with van der Waals surface area (Å²) in [5.41, 5.74) is 1.51. The van der Waals surface area contributed by atoms with Crippen LogP contribution in [0.3, 0.4) is 0 Å². The first-order chi connectivity index (χ1) is 12.2. The van der Waals surface area contributed by atoms with Crippen LogP contribution in [0.5, 0.6) is 0 Å². The third-order valence-corrected chi connectivity index (χ3v) is 6.11. The summed E-state index contributed by atoms with van der Waals surface area (Å²) < 4.78 is 27.2. The Balaban J connectivity index is 2.39. The summed E-state index contributed by atoms with van der Waals surface area (Å²) in [7, 11) is -3.88. The van der Waals surface area contributed by atoms with Crippen molar-refractivity contribution in [2.75, 3.05) is 13.1 Å². The van der Waals surface area contributed by atoms with Crippen molar-refractivity contribution in [3.8, 4) is 0 Å². The predicted molar refractivity (Wildman–Crippen MR) is 104 cm³/mol. The summed E-state index contributed by atoms with van der Waals surface area (Å²) in [6.07, 6.45) is 0. The highest BCUT2D eigenvalue weighted by Crippen LogP contribution is 2.25. The Kier molecular flexibility index (Phi) is 7.06. The molecule has 0 aromatic heterocycles. The lowest BCUT2D eigenvalue weighted by Crippen LogP contribution is -2.40. The third kappa shape index (κ3) is 5.20.